The van der Waals surface area contributed by atoms with Gasteiger partial charge in [-0.2, -0.15) is 0 Å². The summed E-state index contributed by atoms with van der Waals surface area (Å²) in [7, 11) is 1.95. The van der Waals surface area contributed by atoms with Crippen molar-refractivity contribution in [3.63, 3.8) is 0 Å². The van der Waals surface area contributed by atoms with Crippen LogP contribution in [0.4, 0.5) is 0 Å². The van der Waals surface area contributed by atoms with Crippen LogP contribution in [0.5, 0.6) is 5.75 Å². The zero-order valence-electron chi connectivity index (χ0n) is 10.2. The van der Waals surface area contributed by atoms with E-state index < -0.39 is 0 Å². The van der Waals surface area contributed by atoms with Crippen LogP contribution in [0.15, 0.2) is 42.5 Å². The first-order valence-electron chi connectivity index (χ1n) is 5.87. The molecule has 0 aliphatic rings. The number of hydrogen-bond donors (Lipinski definition) is 1. The first kappa shape index (κ1) is 13.4. The summed E-state index contributed by atoms with van der Waals surface area (Å²) in [4.78, 5) is 1.27. The molecule has 1 aromatic heterocycles. The molecular weight excluding hydrogens is 266 g/mol. The predicted octanol–water partition coefficient (Wildman–Crippen LogP) is 3.61. The van der Waals surface area contributed by atoms with E-state index in [-0.39, 0.29) is 0 Å². The van der Waals surface area contributed by atoms with Gasteiger partial charge in [0.15, 0.2) is 0 Å². The lowest BCUT2D eigenvalue weighted by Gasteiger charge is -2.16. The van der Waals surface area contributed by atoms with E-state index in [0.29, 0.717) is 12.6 Å². The number of rotatable bonds is 6. The van der Waals surface area contributed by atoms with Gasteiger partial charge in [-0.15, -0.1) is 11.3 Å². The summed E-state index contributed by atoms with van der Waals surface area (Å²) in [6, 6.07) is 14.2. The SMILES string of the molecule is CNC(COc1ccccc1)Cc1ccc(Cl)s1. The number of halogens is 1. The fourth-order valence-corrected chi connectivity index (χ4v) is 2.83. The van der Waals surface area contributed by atoms with Crippen molar-refractivity contribution in [3.8, 4) is 5.75 Å². The van der Waals surface area contributed by atoms with Gasteiger partial charge in [0.25, 0.3) is 0 Å². The molecule has 2 rings (SSSR count). The highest BCUT2D eigenvalue weighted by molar-refractivity contribution is 7.16. The molecule has 0 saturated carbocycles. The Hall–Kier alpha value is -1.03. The monoisotopic (exact) mass is 281 g/mol. The fraction of sp³-hybridized carbons (Fsp3) is 0.286. The Morgan fingerprint density at radius 3 is 2.61 bits per heavy atom. The Morgan fingerprint density at radius 2 is 2.00 bits per heavy atom. The molecule has 18 heavy (non-hydrogen) atoms. The number of hydrogen-bond acceptors (Lipinski definition) is 3. The Morgan fingerprint density at radius 1 is 1.22 bits per heavy atom. The number of nitrogens with one attached hydrogen (secondary N) is 1. The first-order valence-corrected chi connectivity index (χ1v) is 7.06. The fourth-order valence-electron chi connectivity index (χ4n) is 1.66. The molecule has 0 radical (unpaired) electrons. The van der Waals surface area contributed by atoms with Gasteiger partial charge >= 0.3 is 0 Å². The molecule has 1 atom stereocenters. The van der Waals surface area contributed by atoms with Crippen molar-refractivity contribution in [1.82, 2.24) is 5.32 Å². The van der Waals surface area contributed by atoms with Crippen LogP contribution < -0.4 is 10.1 Å². The predicted molar refractivity (Wildman–Crippen MR) is 77.8 cm³/mol. The smallest absolute Gasteiger partial charge is 0.119 e. The molecule has 0 aliphatic carbocycles. The van der Waals surface area contributed by atoms with Crippen LogP contribution in [0.2, 0.25) is 4.34 Å². The van der Waals surface area contributed by atoms with Gasteiger partial charge in [0.1, 0.15) is 12.4 Å². The van der Waals surface area contributed by atoms with Crippen LogP contribution in [0.1, 0.15) is 4.88 Å². The second-order valence-electron chi connectivity index (χ2n) is 4.02. The molecule has 96 valence electrons. The molecule has 0 aliphatic heterocycles. The van der Waals surface area contributed by atoms with Crippen molar-refractivity contribution in [3.05, 3.63) is 51.7 Å². The minimum Gasteiger partial charge on any atom is -0.492 e. The number of ether oxygens (including phenoxy) is 1. The van der Waals surface area contributed by atoms with Crippen molar-refractivity contribution in [2.75, 3.05) is 13.7 Å². The van der Waals surface area contributed by atoms with E-state index in [9.17, 15) is 0 Å². The highest BCUT2D eigenvalue weighted by atomic mass is 35.5. The Labute approximate surface area is 117 Å². The second-order valence-corrected chi connectivity index (χ2v) is 5.82. The summed E-state index contributed by atoms with van der Waals surface area (Å²) in [5.74, 6) is 0.905. The maximum Gasteiger partial charge on any atom is 0.119 e. The summed E-state index contributed by atoms with van der Waals surface area (Å²) in [6.45, 7) is 0.649. The lowest BCUT2D eigenvalue weighted by atomic mass is 10.2. The molecule has 4 heteroatoms. The minimum absolute atomic E-state index is 0.292. The van der Waals surface area contributed by atoms with E-state index in [4.69, 9.17) is 16.3 Å². The van der Waals surface area contributed by atoms with Crippen molar-refractivity contribution in [2.45, 2.75) is 12.5 Å². The van der Waals surface area contributed by atoms with Crippen LogP contribution in [-0.4, -0.2) is 19.7 Å². The van der Waals surface area contributed by atoms with E-state index in [2.05, 4.69) is 11.4 Å². The highest BCUT2D eigenvalue weighted by Crippen LogP contribution is 2.22. The van der Waals surface area contributed by atoms with Gasteiger partial charge in [0.2, 0.25) is 0 Å². The van der Waals surface area contributed by atoms with Gasteiger partial charge in [-0.1, -0.05) is 29.8 Å². The summed E-state index contributed by atoms with van der Waals surface area (Å²) in [5.41, 5.74) is 0. The van der Waals surface area contributed by atoms with Crippen molar-refractivity contribution < 1.29 is 4.74 Å². The van der Waals surface area contributed by atoms with Gasteiger partial charge in [-0.3, -0.25) is 0 Å². The third-order valence-corrected chi connectivity index (χ3v) is 3.93. The number of benzene rings is 1. The van der Waals surface area contributed by atoms with Crippen molar-refractivity contribution in [1.29, 1.82) is 0 Å². The minimum atomic E-state index is 0.292. The molecule has 0 amide bonds. The number of thiophene rings is 1. The molecule has 1 unspecified atom stereocenters. The van der Waals surface area contributed by atoms with E-state index in [1.165, 1.54) is 4.88 Å². The zero-order valence-corrected chi connectivity index (χ0v) is 11.8. The molecule has 0 saturated heterocycles. The van der Waals surface area contributed by atoms with Crippen molar-refractivity contribution in [2.24, 2.45) is 0 Å². The van der Waals surface area contributed by atoms with Gasteiger partial charge < -0.3 is 10.1 Å². The van der Waals surface area contributed by atoms with Crippen LogP contribution in [0, 0.1) is 0 Å². The second kappa shape index (κ2) is 6.78. The van der Waals surface area contributed by atoms with Gasteiger partial charge in [-0.25, -0.2) is 0 Å². The number of para-hydroxylation sites is 1. The molecule has 0 spiro atoms. The van der Waals surface area contributed by atoms with Crippen LogP contribution >= 0.6 is 22.9 Å². The quantitative estimate of drug-likeness (QED) is 0.873. The van der Waals surface area contributed by atoms with E-state index in [1.54, 1.807) is 11.3 Å². The largest absolute Gasteiger partial charge is 0.492 e. The molecule has 2 nitrogen and oxygen atoms in total. The maximum atomic E-state index is 5.93. The van der Waals surface area contributed by atoms with Crippen molar-refractivity contribution >= 4 is 22.9 Å². The summed E-state index contributed by atoms with van der Waals surface area (Å²) >= 11 is 7.55. The molecule has 1 heterocycles. The average molecular weight is 282 g/mol. The molecule has 1 N–H and O–H groups in total. The Kier molecular flexibility index (Phi) is 5.05. The standard InChI is InChI=1S/C14H16ClNOS/c1-16-11(9-13-7-8-14(15)18-13)10-17-12-5-3-2-4-6-12/h2-8,11,16H,9-10H2,1H3. The zero-order chi connectivity index (χ0) is 12.8. The molecular formula is C14H16ClNOS. The maximum absolute atomic E-state index is 5.93. The third-order valence-electron chi connectivity index (χ3n) is 2.68. The van der Waals surface area contributed by atoms with Gasteiger partial charge in [-0.05, 0) is 31.3 Å². The Bertz CT molecular complexity index is 472. The number of likely N-dealkylation sites (N-methyl/N-ethyl adjacent to an activating group) is 1. The Balaban J connectivity index is 1.86. The third kappa shape index (κ3) is 4.02. The molecule has 2 aromatic rings. The molecule has 1 aromatic carbocycles. The average Bonchev–Trinajstić information content (AvgIpc) is 2.81. The summed E-state index contributed by atoms with van der Waals surface area (Å²) in [5, 5.41) is 3.27. The van der Waals surface area contributed by atoms with E-state index >= 15 is 0 Å². The molecule has 0 fully saturated rings. The van der Waals surface area contributed by atoms with Crippen LogP contribution in [0.3, 0.4) is 0 Å². The van der Waals surface area contributed by atoms with Gasteiger partial charge in [0, 0.05) is 17.3 Å². The van der Waals surface area contributed by atoms with Gasteiger partial charge in [0.05, 0.1) is 4.34 Å². The normalized spacial score (nSPS) is 12.3. The van der Waals surface area contributed by atoms with Crippen LogP contribution in [-0.2, 0) is 6.42 Å². The summed E-state index contributed by atoms with van der Waals surface area (Å²) in [6.07, 6.45) is 0.931. The van der Waals surface area contributed by atoms with E-state index in [0.717, 1.165) is 16.5 Å². The topological polar surface area (TPSA) is 21.3 Å². The summed E-state index contributed by atoms with van der Waals surface area (Å²) < 4.78 is 6.58. The lowest BCUT2D eigenvalue weighted by Crippen LogP contribution is -2.33. The molecule has 0 bridgehead atoms. The van der Waals surface area contributed by atoms with Crippen LogP contribution in [0.25, 0.3) is 0 Å². The first-order chi connectivity index (χ1) is 8.78. The highest BCUT2D eigenvalue weighted by Gasteiger charge is 2.10. The lowest BCUT2D eigenvalue weighted by molar-refractivity contribution is 0.270. The van der Waals surface area contributed by atoms with E-state index in [1.807, 2.05) is 43.4 Å².